The van der Waals surface area contributed by atoms with Crippen molar-refractivity contribution in [2.24, 2.45) is 0 Å². The van der Waals surface area contributed by atoms with Gasteiger partial charge in [-0.05, 0) is 48.6 Å². The fourth-order valence-electron chi connectivity index (χ4n) is 3.71. The van der Waals surface area contributed by atoms with Gasteiger partial charge in [0.1, 0.15) is 5.75 Å². The van der Waals surface area contributed by atoms with Crippen molar-refractivity contribution >= 4 is 6.03 Å². The molecule has 0 unspecified atom stereocenters. The standard InChI is InChI=1S/C22H29N3O2/c1-24(16-18-7-5-11-21(26)15-18)22(27)23-12-14-25-13-6-10-20(17-25)19-8-3-2-4-9-19/h2-5,7-9,11,15,20,26H,6,10,12-14,16-17H2,1H3,(H,23,27)/t20-/m0/s1. The van der Waals surface area contributed by atoms with Crippen molar-refractivity contribution in [1.29, 1.82) is 0 Å². The molecule has 0 bridgehead atoms. The molecular weight excluding hydrogens is 338 g/mol. The Morgan fingerprint density at radius 2 is 2.04 bits per heavy atom. The lowest BCUT2D eigenvalue weighted by Gasteiger charge is -2.33. The first-order valence-corrected chi connectivity index (χ1v) is 9.66. The summed E-state index contributed by atoms with van der Waals surface area (Å²) in [6.45, 7) is 4.14. The molecule has 1 saturated heterocycles. The minimum atomic E-state index is -0.0880. The van der Waals surface area contributed by atoms with E-state index in [0.29, 0.717) is 19.0 Å². The van der Waals surface area contributed by atoms with E-state index in [-0.39, 0.29) is 11.8 Å². The van der Waals surface area contributed by atoms with Gasteiger partial charge >= 0.3 is 6.03 Å². The van der Waals surface area contributed by atoms with Crippen LogP contribution in [0.1, 0.15) is 29.9 Å². The minimum absolute atomic E-state index is 0.0880. The Morgan fingerprint density at radius 1 is 1.22 bits per heavy atom. The van der Waals surface area contributed by atoms with Gasteiger partial charge in [-0.25, -0.2) is 4.79 Å². The van der Waals surface area contributed by atoms with Crippen LogP contribution in [0.25, 0.3) is 0 Å². The Hall–Kier alpha value is -2.53. The van der Waals surface area contributed by atoms with Crippen LogP contribution in [0.15, 0.2) is 54.6 Å². The summed E-state index contributed by atoms with van der Waals surface area (Å²) in [6.07, 6.45) is 2.43. The Bertz CT molecular complexity index is 735. The Morgan fingerprint density at radius 3 is 2.81 bits per heavy atom. The van der Waals surface area contributed by atoms with E-state index < -0.39 is 0 Å². The Balaban J connectivity index is 1.41. The SMILES string of the molecule is CN(Cc1cccc(O)c1)C(=O)NCCN1CCC[C@H](c2ccccc2)C1. The number of carbonyl (C=O) groups is 1. The lowest BCUT2D eigenvalue weighted by atomic mass is 9.91. The van der Waals surface area contributed by atoms with Crippen LogP contribution in [-0.2, 0) is 6.54 Å². The summed E-state index contributed by atoms with van der Waals surface area (Å²) in [4.78, 5) is 16.4. The summed E-state index contributed by atoms with van der Waals surface area (Å²) in [5.74, 6) is 0.809. The largest absolute Gasteiger partial charge is 0.508 e. The number of carbonyl (C=O) groups excluding carboxylic acids is 1. The van der Waals surface area contributed by atoms with Crippen molar-refractivity contribution in [2.45, 2.75) is 25.3 Å². The van der Waals surface area contributed by atoms with Gasteiger partial charge < -0.3 is 20.2 Å². The van der Waals surface area contributed by atoms with Gasteiger partial charge in [-0.1, -0.05) is 42.5 Å². The van der Waals surface area contributed by atoms with Crippen molar-refractivity contribution in [2.75, 3.05) is 33.2 Å². The first-order valence-electron chi connectivity index (χ1n) is 9.66. The number of likely N-dealkylation sites (tertiary alicyclic amines) is 1. The molecule has 0 aliphatic carbocycles. The maximum absolute atomic E-state index is 12.3. The summed E-state index contributed by atoms with van der Waals surface area (Å²) in [6, 6.07) is 17.6. The van der Waals surface area contributed by atoms with Crippen molar-refractivity contribution in [3.8, 4) is 5.75 Å². The van der Waals surface area contributed by atoms with Gasteiger partial charge in [0, 0.05) is 33.2 Å². The molecule has 5 heteroatoms. The second-order valence-corrected chi connectivity index (χ2v) is 7.31. The zero-order valence-electron chi connectivity index (χ0n) is 16.0. The molecular formula is C22H29N3O2. The lowest BCUT2D eigenvalue weighted by molar-refractivity contribution is 0.192. The van der Waals surface area contributed by atoms with E-state index in [0.717, 1.165) is 25.2 Å². The van der Waals surface area contributed by atoms with Gasteiger partial charge in [-0.3, -0.25) is 0 Å². The molecule has 2 aromatic rings. The maximum Gasteiger partial charge on any atom is 0.317 e. The summed E-state index contributed by atoms with van der Waals surface area (Å²) in [5, 5.41) is 12.5. The van der Waals surface area contributed by atoms with Gasteiger partial charge in [0.25, 0.3) is 0 Å². The molecule has 1 atom stereocenters. The molecule has 0 aromatic heterocycles. The fraction of sp³-hybridized carbons (Fsp3) is 0.409. The van der Waals surface area contributed by atoms with Crippen LogP contribution in [0.3, 0.4) is 0 Å². The zero-order valence-corrected chi connectivity index (χ0v) is 16.0. The van der Waals surface area contributed by atoms with E-state index in [1.54, 1.807) is 30.1 Å². The zero-order chi connectivity index (χ0) is 19.1. The number of benzene rings is 2. The number of phenols is 1. The highest BCUT2D eigenvalue weighted by molar-refractivity contribution is 5.73. The molecule has 5 nitrogen and oxygen atoms in total. The monoisotopic (exact) mass is 367 g/mol. The molecule has 1 aliphatic heterocycles. The fourth-order valence-corrected chi connectivity index (χ4v) is 3.71. The number of amides is 2. The first-order chi connectivity index (χ1) is 13.1. The smallest absolute Gasteiger partial charge is 0.317 e. The van der Waals surface area contributed by atoms with E-state index in [9.17, 15) is 9.90 Å². The summed E-state index contributed by atoms with van der Waals surface area (Å²) in [7, 11) is 1.77. The van der Waals surface area contributed by atoms with Crippen LogP contribution in [0.5, 0.6) is 5.75 Å². The van der Waals surface area contributed by atoms with Crippen LogP contribution in [0.4, 0.5) is 4.79 Å². The van der Waals surface area contributed by atoms with Gasteiger partial charge in [-0.15, -0.1) is 0 Å². The highest BCUT2D eigenvalue weighted by Gasteiger charge is 2.21. The third-order valence-electron chi connectivity index (χ3n) is 5.16. The van der Waals surface area contributed by atoms with Gasteiger partial charge in [0.15, 0.2) is 0 Å². The number of urea groups is 1. The van der Waals surface area contributed by atoms with E-state index >= 15 is 0 Å². The number of rotatable bonds is 6. The number of nitrogens with zero attached hydrogens (tertiary/aromatic N) is 2. The van der Waals surface area contributed by atoms with Crippen molar-refractivity contribution < 1.29 is 9.90 Å². The van der Waals surface area contributed by atoms with Crippen LogP contribution in [-0.4, -0.2) is 54.2 Å². The molecule has 2 N–H and O–H groups in total. The molecule has 2 aromatic carbocycles. The number of aromatic hydroxyl groups is 1. The van der Waals surface area contributed by atoms with Crippen LogP contribution >= 0.6 is 0 Å². The average molecular weight is 367 g/mol. The molecule has 144 valence electrons. The molecule has 27 heavy (non-hydrogen) atoms. The Labute approximate surface area is 161 Å². The minimum Gasteiger partial charge on any atom is -0.508 e. The number of phenolic OH excluding ortho intramolecular Hbond substituents is 1. The number of nitrogens with one attached hydrogen (secondary N) is 1. The third-order valence-corrected chi connectivity index (χ3v) is 5.16. The number of hydrogen-bond acceptors (Lipinski definition) is 3. The maximum atomic E-state index is 12.3. The molecule has 2 amide bonds. The second-order valence-electron chi connectivity index (χ2n) is 7.31. The molecule has 1 fully saturated rings. The Kier molecular flexibility index (Phi) is 6.71. The average Bonchev–Trinajstić information content (AvgIpc) is 2.69. The second kappa shape index (κ2) is 9.42. The number of hydrogen-bond donors (Lipinski definition) is 2. The van der Waals surface area contributed by atoms with Crippen molar-refractivity contribution in [1.82, 2.24) is 15.1 Å². The molecule has 1 heterocycles. The summed E-state index contributed by atoms with van der Waals surface area (Å²) < 4.78 is 0. The van der Waals surface area contributed by atoms with Crippen LogP contribution in [0, 0.1) is 0 Å². The van der Waals surface area contributed by atoms with Crippen LogP contribution in [0.2, 0.25) is 0 Å². The quantitative estimate of drug-likeness (QED) is 0.823. The highest BCUT2D eigenvalue weighted by Crippen LogP contribution is 2.26. The highest BCUT2D eigenvalue weighted by atomic mass is 16.3. The van der Waals surface area contributed by atoms with Crippen LogP contribution < -0.4 is 5.32 Å². The molecule has 0 radical (unpaired) electrons. The van der Waals surface area contributed by atoms with Crippen molar-refractivity contribution in [3.05, 3.63) is 65.7 Å². The predicted octanol–water partition coefficient (Wildman–Crippen LogP) is 3.41. The van der Waals surface area contributed by atoms with E-state index in [4.69, 9.17) is 0 Å². The first kappa shape index (κ1) is 19.2. The molecule has 3 rings (SSSR count). The van der Waals surface area contributed by atoms with Crippen molar-refractivity contribution in [3.63, 3.8) is 0 Å². The van der Waals surface area contributed by atoms with E-state index in [1.807, 2.05) is 6.07 Å². The topological polar surface area (TPSA) is 55.8 Å². The molecule has 0 saturated carbocycles. The normalized spacial score (nSPS) is 17.4. The van der Waals surface area contributed by atoms with E-state index in [2.05, 4.69) is 40.5 Å². The lowest BCUT2D eigenvalue weighted by Crippen LogP contribution is -2.43. The van der Waals surface area contributed by atoms with Gasteiger partial charge in [0.05, 0.1) is 0 Å². The predicted molar refractivity (Wildman–Crippen MR) is 108 cm³/mol. The van der Waals surface area contributed by atoms with Gasteiger partial charge in [0.2, 0.25) is 0 Å². The third kappa shape index (κ3) is 5.73. The van der Waals surface area contributed by atoms with E-state index in [1.165, 1.54) is 18.4 Å². The van der Waals surface area contributed by atoms with Gasteiger partial charge in [-0.2, -0.15) is 0 Å². The summed E-state index contributed by atoms with van der Waals surface area (Å²) in [5.41, 5.74) is 2.33. The number of piperidine rings is 1. The molecule has 1 aliphatic rings. The summed E-state index contributed by atoms with van der Waals surface area (Å²) >= 11 is 0. The molecule has 0 spiro atoms.